The van der Waals surface area contributed by atoms with Crippen LogP contribution < -0.4 is 10.5 Å². The van der Waals surface area contributed by atoms with E-state index in [-0.39, 0.29) is 17.8 Å². The molecule has 7 nitrogen and oxygen atoms in total. The summed E-state index contributed by atoms with van der Waals surface area (Å²) in [5.74, 6) is 0.874. The number of halogens is 1. The van der Waals surface area contributed by atoms with Crippen LogP contribution in [0, 0.1) is 5.82 Å². The van der Waals surface area contributed by atoms with Crippen molar-refractivity contribution in [3.05, 3.63) is 111 Å². The smallest absolute Gasteiger partial charge is 0.439 e. The molecule has 0 unspecified atom stereocenters. The summed E-state index contributed by atoms with van der Waals surface area (Å²) in [7, 11) is 0. The van der Waals surface area contributed by atoms with Gasteiger partial charge in [-0.1, -0.05) is 36.3 Å². The van der Waals surface area contributed by atoms with E-state index < -0.39 is 5.76 Å². The second-order valence-corrected chi connectivity index (χ2v) is 10.4. The van der Waals surface area contributed by atoms with Gasteiger partial charge < -0.3 is 9.30 Å². The minimum Gasteiger partial charge on any atom is -0.488 e. The minimum absolute atomic E-state index is 0.112. The van der Waals surface area contributed by atoms with Gasteiger partial charge in [0.25, 0.3) is 0 Å². The zero-order valence-corrected chi connectivity index (χ0v) is 21.0. The normalized spacial score (nSPS) is 16.9. The molecule has 1 fully saturated rings. The van der Waals surface area contributed by atoms with Crippen molar-refractivity contribution >= 4 is 22.2 Å². The van der Waals surface area contributed by atoms with Crippen LogP contribution in [-0.2, 0) is 18.6 Å². The van der Waals surface area contributed by atoms with E-state index in [1.165, 1.54) is 12.1 Å². The Bertz CT molecular complexity index is 1820. The molecule has 0 amide bonds. The second kappa shape index (κ2) is 8.28. The Morgan fingerprint density at radius 1 is 1.11 bits per heavy atom. The summed E-state index contributed by atoms with van der Waals surface area (Å²) in [5.41, 5.74) is 7.49. The molecule has 0 atom stereocenters. The number of hydrogen-bond acceptors (Lipinski definition) is 5. The molecule has 0 saturated heterocycles. The number of nitrogens with one attached hydrogen (secondary N) is 1. The number of rotatable bonds is 4. The van der Waals surface area contributed by atoms with E-state index in [0.717, 1.165) is 57.5 Å². The lowest BCUT2D eigenvalue weighted by molar-refractivity contribution is 0.305. The van der Waals surface area contributed by atoms with Crippen LogP contribution in [0.5, 0.6) is 5.75 Å². The molecule has 1 aliphatic heterocycles. The molecule has 1 saturated carbocycles. The fourth-order valence-corrected chi connectivity index (χ4v) is 5.44. The molecular formula is C30H25FN4O3. The average molecular weight is 509 g/mol. The lowest BCUT2D eigenvalue weighted by atomic mass is 9.89. The van der Waals surface area contributed by atoms with E-state index in [9.17, 15) is 9.18 Å². The quantitative estimate of drug-likeness (QED) is 0.331. The highest BCUT2D eigenvalue weighted by molar-refractivity contribution is 5.99. The predicted octanol–water partition coefficient (Wildman–Crippen LogP) is 5.82. The Hall–Kier alpha value is -4.46. The molecule has 3 heterocycles. The molecule has 190 valence electrons. The summed E-state index contributed by atoms with van der Waals surface area (Å²) < 4.78 is 27.4. The first-order valence-corrected chi connectivity index (χ1v) is 12.7. The summed E-state index contributed by atoms with van der Waals surface area (Å²) in [5, 5.41) is 3.89. The van der Waals surface area contributed by atoms with Gasteiger partial charge in [-0.2, -0.15) is 0 Å². The zero-order valence-electron chi connectivity index (χ0n) is 21.0. The maximum atomic E-state index is 14.2. The van der Waals surface area contributed by atoms with Crippen LogP contribution in [0.1, 0.15) is 60.6 Å². The van der Waals surface area contributed by atoms with E-state index in [0.29, 0.717) is 23.7 Å². The van der Waals surface area contributed by atoms with Gasteiger partial charge in [0.2, 0.25) is 0 Å². The number of fused-ring (bicyclic) bond motifs is 3. The first kappa shape index (κ1) is 22.7. The molecule has 38 heavy (non-hydrogen) atoms. The number of benzene rings is 3. The molecule has 2 aromatic heterocycles. The number of imidazole rings is 1. The first-order valence-electron chi connectivity index (χ1n) is 12.7. The molecule has 0 radical (unpaired) electrons. The van der Waals surface area contributed by atoms with Crippen molar-refractivity contribution in [3.63, 3.8) is 0 Å². The van der Waals surface area contributed by atoms with Gasteiger partial charge in [-0.25, -0.2) is 14.2 Å². The van der Waals surface area contributed by atoms with Crippen LogP contribution in [0.4, 0.5) is 4.39 Å². The van der Waals surface area contributed by atoms with Gasteiger partial charge in [0, 0.05) is 29.2 Å². The Labute approximate surface area is 217 Å². The molecule has 5 aromatic rings. The van der Waals surface area contributed by atoms with Crippen LogP contribution in [0.3, 0.4) is 0 Å². The number of ether oxygens (including phenoxy) is 1. The van der Waals surface area contributed by atoms with Gasteiger partial charge in [-0.05, 0) is 72.4 Å². The molecule has 3 aromatic carbocycles. The summed E-state index contributed by atoms with van der Waals surface area (Å²) in [6.45, 7) is 5.09. The lowest BCUT2D eigenvalue weighted by Crippen LogP contribution is -2.13. The Balaban J connectivity index is 1.36. The Morgan fingerprint density at radius 2 is 1.92 bits per heavy atom. The molecule has 8 heteroatoms. The zero-order chi connectivity index (χ0) is 26.0. The van der Waals surface area contributed by atoms with Gasteiger partial charge in [0.15, 0.2) is 5.82 Å². The number of allylic oxidation sites excluding steroid dienone is 1. The standard InChI is InChI=1S/C30H25FN4O3/c1-17(27-33-29(36)38-34-27)26-21-9-7-18(13-19(21)16-37-25-14-20(31)8-10-22(25)26)15-35-24-6-4-3-5-23(24)32-28(35)30(2)11-12-30/h3-10,13-14H,11-12,15-16H2,1-2H3,(H,33,34,36). The number of para-hydroxylation sites is 2. The molecule has 1 aliphatic carbocycles. The van der Waals surface area contributed by atoms with Crippen LogP contribution in [0.15, 0.2) is 70.0 Å². The van der Waals surface area contributed by atoms with Gasteiger partial charge in [0.1, 0.15) is 24.0 Å². The molecule has 2 aliphatic rings. The van der Waals surface area contributed by atoms with E-state index in [1.807, 2.05) is 13.0 Å². The van der Waals surface area contributed by atoms with Crippen molar-refractivity contribution in [2.24, 2.45) is 0 Å². The van der Waals surface area contributed by atoms with Crippen molar-refractivity contribution in [2.45, 2.75) is 45.3 Å². The van der Waals surface area contributed by atoms with E-state index in [2.05, 4.69) is 58.0 Å². The van der Waals surface area contributed by atoms with Crippen molar-refractivity contribution < 1.29 is 13.7 Å². The van der Waals surface area contributed by atoms with Crippen LogP contribution in [-0.4, -0.2) is 19.7 Å². The van der Waals surface area contributed by atoms with Crippen LogP contribution in [0.2, 0.25) is 0 Å². The average Bonchev–Trinajstić information content (AvgIpc) is 3.39. The van der Waals surface area contributed by atoms with Crippen molar-refractivity contribution in [1.29, 1.82) is 0 Å². The second-order valence-electron chi connectivity index (χ2n) is 10.4. The summed E-state index contributed by atoms with van der Waals surface area (Å²) in [6.07, 6.45) is 2.28. The number of H-pyrrole nitrogens is 1. The Kier molecular flexibility index (Phi) is 4.95. The highest BCUT2D eigenvalue weighted by Gasteiger charge is 2.43. The topological polar surface area (TPSA) is 85.9 Å². The van der Waals surface area contributed by atoms with Gasteiger partial charge in [0.05, 0.1) is 11.0 Å². The van der Waals surface area contributed by atoms with Crippen LogP contribution >= 0.6 is 0 Å². The van der Waals surface area contributed by atoms with Crippen molar-refractivity contribution in [1.82, 2.24) is 19.7 Å². The van der Waals surface area contributed by atoms with Gasteiger partial charge in [-0.3, -0.25) is 9.51 Å². The van der Waals surface area contributed by atoms with Crippen molar-refractivity contribution in [3.8, 4) is 5.75 Å². The van der Waals surface area contributed by atoms with Crippen LogP contribution in [0.25, 0.3) is 22.2 Å². The molecule has 0 bridgehead atoms. The number of hydrogen-bond donors (Lipinski definition) is 1. The highest BCUT2D eigenvalue weighted by atomic mass is 19.1. The van der Waals surface area contributed by atoms with Crippen molar-refractivity contribution in [2.75, 3.05) is 0 Å². The summed E-state index contributed by atoms with van der Waals surface area (Å²) >= 11 is 0. The first-order chi connectivity index (χ1) is 18.4. The number of aromatic nitrogens is 4. The minimum atomic E-state index is -0.632. The fourth-order valence-electron chi connectivity index (χ4n) is 5.44. The van der Waals surface area contributed by atoms with Gasteiger partial charge in [-0.15, -0.1) is 0 Å². The maximum absolute atomic E-state index is 14.2. The molecule has 7 rings (SSSR count). The fraction of sp³-hybridized carbons (Fsp3) is 0.233. The summed E-state index contributed by atoms with van der Waals surface area (Å²) in [6, 6.07) is 19.1. The molecule has 0 spiro atoms. The highest BCUT2D eigenvalue weighted by Crippen LogP contribution is 2.48. The van der Waals surface area contributed by atoms with E-state index in [4.69, 9.17) is 14.2 Å². The molecular weight excluding hydrogens is 483 g/mol. The monoisotopic (exact) mass is 508 g/mol. The molecule has 1 N–H and O–H groups in total. The number of nitrogens with zero attached hydrogens (tertiary/aromatic N) is 3. The lowest BCUT2D eigenvalue weighted by Gasteiger charge is -2.16. The third-order valence-corrected chi connectivity index (χ3v) is 7.74. The van der Waals surface area contributed by atoms with Gasteiger partial charge >= 0.3 is 5.76 Å². The SMILES string of the molecule is CC(=C1c2ccc(Cn3c(C4(C)CC4)nc4ccccc43)cc2COc2cc(F)ccc21)c1noc(=O)[nH]1. The maximum Gasteiger partial charge on any atom is 0.439 e. The largest absolute Gasteiger partial charge is 0.488 e. The summed E-state index contributed by atoms with van der Waals surface area (Å²) in [4.78, 5) is 19.3. The predicted molar refractivity (Wildman–Crippen MR) is 141 cm³/mol. The third kappa shape index (κ3) is 3.67. The number of aromatic amines is 1. The third-order valence-electron chi connectivity index (χ3n) is 7.74. The van der Waals surface area contributed by atoms with E-state index in [1.54, 1.807) is 6.07 Å². The Morgan fingerprint density at radius 3 is 2.71 bits per heavy atom. The van der Waals surface area contributed by atoms with E-state index >= 15 is 0 Å².